The summed E-state index contributed by atoms with van der Waals surface area (Å²) in [5, 5.41) is 0. The van der Waals surface area contributed by atoms with Gasteiger partial charge in [-0.2, -0.15) is 0 Å². The first kappa shape index (κ1) is 34.3. The number of amides is 7. The molecule has 0 aromatic carbocycles. The number of likely N-dealkylation sites (N-methyl/N-ethyl adjacent to an activating group) is 1. The minimum Gasteiger partial charge on any atom is -0.466 e. The zero-order chi connectivity index (χ0) is 33.7. The summed E-state index contributed by atoms with van der Waals surface area (Å²) in [6, 6.07) is -1.09. The molecule has 2 spiro atoms. The predicted octanol–water partition coefficient (Wildman–Crippen LogP) is 5.24. The summed E-state index contributed by atoms with van der Waals surface area (Å²) in [4.78, 5) is 86.2. The Morgan fingerprint density at radius 1 is 0.915 bits per heavy atom. The molecule has 0 aromatic heterocycles. The Bertz CT molecular complexity index is 1360. The van der Waals surface area contributed by atoms with E-state index in [0.717, 1.165) is 50.0 Å². The Morgan fingerprint density at radius 2 is 1.57 bits per heavy atom. The Hall–Kier alpha value is -2.54. The zero-order valence-corrected chi connectivity index (χ0v) is 29.7. The Labute approximate surface area is 285 Å². The van der Waals surface area contributed by atoms with Gasteiger partial charge in [0.1, 0.15) is 11.1 Å². The first-order valence-corrected chi connectivity index (χ1v) is 19.4. The third-order valence-electron chi connectivity index (χ3n) is 11.4. The highest BCUT2D eigenvalue weighted by Crippen LogP contribution is 2.61. The molecule has 0 unspecified atom stereocenters. The second-order valence-corrected chi connectivity index (χ2v) is 17.1. The number of esters is 1. The van der Waals surface area contributed by atoms with Crippen molar-refractivity contribution in [3.8, 4) is 0 Å². The van der Waals surface area contributed by atoms with Crippen LogP contribution in [0.25, 0.3) is 0 Å². The van der Waals surface area contributed by atoms with Crippen LogP contribution in [0.1, 0.15) is 91.4 Å². The minimum absolute atomic E-state index is 0.118. The molecule has 4 aliphatic carbocycles. The SMILES string of the molecule is CCOC(=O)[C@@H]1C[C@H]1CCN1C(=O)N(C)C(=O)C12CC1(CCC(N3C(=O)C(=C(SCC)SCC)C(=O)N(CC4CCC4)C3=O)CC1)C2. The summed E-state index contributed by atoms with van der Waals surface area (Å²) < 4.78 is 5.86. The van der Waals surface area contributed by atoms with Crippen molar-refractivity contribution in [1.82, 2.24) is 19.6 Å². The molecule has 0 aromatic rings. The molecule has 2 heterocycles. The van der Waals surface area contributed by atoms with Gasteiger partial charge < -0.3 is 9.64 Å². The maximum Gasteiger partial charge on any atom is 0.334 e. The molecule has 0 N–H and O–H groups in total. The van der Waals surface area contributed by atoms with E-state index in [1.165, 1.54) is 38.2 Å². The van der Waals surface area contributed by atoms with Gasteiger partial charge in [-0.15, -0.1) is 23.5 Å². The number of barbiturate groups is 1. The topological polar surface area (TPSA) is 125 Å². The van der Waals surface area contributed by atoms with Gasteiger partial charge in [-0.3, -0.25) is 33.9 Å². The lowest BCUT2D eigenvalue weighted by atomic mass is 9.51. The maximum absolute atomic E-state index is 14.0. The van der Waals surface area contributed by atoms with Crippen LogP contribution in [0.2, 0.25) is 0 Å². The van der Waals surface area contributed by atoms with Crippen molar-refractivity contribution >= 4 is 59.3 Å². The first-order valence-electron chi connectivity index (χ1n) is 17.5. The lowest BCUT2D eigenvalue weighted by molar-refractivity contribution is -0.151. The van der Waals surface area contributed by atoms with Gasteiger partial charge in [0.15, 0.2) is 0 Å². The highest BCUT2D eigenvalue weighted by molar-refractivity contribution is 8.22. The molecule has 7 amide bonds. The molecule has 0 radical (unpaired) electrons. The summed E-state index contributed by atoms with van der Waals surface area (Å²) in [5.41, 5.74) is -0.873. The summed E-state index contributed by atoms with van der Waals surface area (Å²) in [6.45, 7) is 6.91. The van der Waals surface area contributed by atoms with Crippen molar-refractivity contribution in [2.24, 2.45) is 23.2 Å². The molecule has 13 heteroatoms. The van der Waals surface area contributed by atoms with E-state index in [1.54, 1.807) is 18.9 Å². The fraction of sp³-hybridized carbons (Fsp3) is 0.765. The molecule has 11 nitrogen and oxygen atoms in total. The standard InChI is InChI=1S/C34H48N4O7S2/c1-5-45-28(41)24-17-22(24)13-16-37-31(43)35(4)30(42)34(37)19-33(20-34)14-11-23(12-15-33)38-27(40)25(29(46-6-2)47-7-3)26(39)36(32(38)44)18-21-9-8-10-21/h21-24H,5-20H2,1-4H3/t22-,23?,24-,33?,34?/m1/s1. The number of ether oxygens (including phenoxy) is 1. The summed E-state index contributed by atoms with van der Waals surface area (Å²) >= 11 is 2.98. The average molecular weight is 689 g/mol. The molecule has 4 saturated carbocycles. The Morgan fingerprint density at radius 3 is 2.15 bits per heavy atom. The number of thioether (sulfide) groups is 2. The summed E-state index contributed by atoms with van der Waals surface area (Å²) in [6.07, 6.45) is 8.29. The van der Waals surface area contributed by atoms with Crippen molar-refractivity contribution in [1.29, 1.82) is 0 Å². The van der Waals surface area contributed by atoms with E-state index in [9.17, 15) is 28.8 Å². The summed E-state index contributed by atoms with van der Waals surface area (Å²) in [5.74, 6) is 0.501. The maximum atomic E-state index is 14.0. The average Bonchev–Trinajstić information content (AvgIpc) is 3.76. The number of carbonyl (C=O) groups excluding carboxylic acids is 6. The molecule has 47 heavy (non-hydrogen) atoms. The molecule has 2 saturated heterocycles. The van der Waals surface area contributed by atoms with Crippen LogP contribution in [-0.2, 0) is 23.9 Å². The van der Waals surface area contributed by atoms with Crippen molar-refractivity contribution in [3.63, 3.8) is 0 Å². The third-order valence-corrected chi connectivity index (χ3v) is 13.7. The number of rotatable bonds is 12. The third kappa shape index (κ3) is 6.01. The van der Waals surface area contributed by atoms with E-state index in [2.05, 4.69) is 0 Å². The second-order valence-electron chi connectivity index (χ2n) is 14.3. The van der Waals surface area contributed by atoms with Crippen molar-refractivity contribution in [3.05, 3.63) is 9.81 Å². The van der Waals surface area contributed by atoms with Crippen LogP contribution in [0.5, 0.6) is 0 Å². The molecular weight excluding hydrogens is 641 g/mol. The normalized spacial score (nSPS) is 32.5. The molecule has 2 atom stereocenters. The van der Waals surface area contributed by atoms with Gasteiger partial charge in [-0.25, -0.2) is 9.59 Å². The number of urea groups is 2. The Balaban J connectivity index is 1.15. The highest BCUT2D eigenvalue weighted by atomic mass is 32.2. The Kier molecular flexibility index (Phi) is 9.79. The van der Waals surface area contributed by atoms with E-state index in [0.29, 0.717) is 56.0 Å². The van der Waals surface area contributed by atoms with E-state index >= 15 is 0 Å². The lowest BCUT2D eigenvalue weighted by Gasteiger charge is -2.59. The summed E-state index contributed by atoms with van der Waals surface area (Å²) in [7, 11) is 1.55. The van der Waals surface area contributed by atoms with Gasteiger partial charge in [0.2, 0.25) is 0 Å². The highest BCUT2D eigenvalue weighted by Gasteiger charge is 2.68. The molecule has 2 aliphatic heterocycles. The van der Waals surface area contributed by atoms with Crippen LogP contribution in [0.4, 0.5) is 9.59 Å². The second kappa shape index (κ2) is 13.4. The fourth-order valence-corrected chi connectivity index (χ4v) is 10.8. The molecular formula is C34H48N4O7S2. The van der Waals surface area contributed by atoms with Crippen molar-refractivity contribution in [2.45, 2.75) is 103 Å². The van der Waals surface area contributed by atoms with Crippen molar-refractivity contribution in [2.75, 3.05) is 38.2 Å². The first-order chi connectivity index (χ1) is 22.5. The monoisotopic (exact) mass is 688 g/mol. The van der Waals surface area contributed by atoms with Crippen LogP contribution < -0.4 is 0 Å². The van der Waals surface area contributed by atoms with Crippen LogP contribution >= 0.6 is 23.5 Å². The number of imide groups is 3. The zero-order valence-electron chi connectivity index (χ0n) is 28.1. The number of nitrogens with zero attached hydrogens (tertiary/aromatic N) is 4. The van der Waals surface area contributed by atoms with Crippen molar-refractivity contribution < 1.29 is 33.5 Å². The predicted molar refractivity (Wildman–Crippen MR) is 179 cm³/mol. The smallest absolute Gasteiger partial charge is 0.334 e. The van der Waals surface area contributed by atoms with Gasteiger partial charge in [-0.05, 0) is 99.9 Å². The molecule has 6 fully saturated rings. The van der Waals surface area contributed by atoms with E-state index in [-0.39, 0.29) is 52.7 Å². The van der Waals surface area contributed by atoms with Gasteiger partial charge in [-0.1, -0.05) is 20.3 Å². The van der Waals surface area contributed by atoms with E-state index in [1.807, 2.05) is 13.8 Å². The number of carbonyl (C=O) groups is 6. The van der Waals surface area contributed by atoms with Crippen LogP contribution in [0.3, 0.4) is 0 Å². The van der Waals surface area contributed by atoms with Crippen LogP contribution in [-0.4, -0.2) is 105 Å². The largest absolute Gasteiger partial charge is 0.466 e. The number of hydrogen-bond donors (Lipinski definition) is 0. The van der Waals surface area contributed by atoms with Gasteiger partial charge in [0, 0.05) is 26.2 Å². The van der Waals surface area contributed by atoms with Gasteiger partial charge >= 0.3 is 18.0 Å². The molecule has 0 bridgehead atoms. The van der Waals surface area contributed by atoms with Crippen LogP contribution in [0, 0.1) is 23.2 Å². The molecule has 6 rings (SSSR count). The number of hydrogen-bond acceptors (Lipinski definition) is 9. The van der Waals surface area contributed by atoms with Gasteiger partial charge in [0.05, 0.1) is 16.8 Å². The minimum atomic E-state index is -0.866. The van der Waals surface area contributed by atoms with Gasteiger partial charge in [0.25, 0.3) is 17.7 Å². The molecule has 258 valence electrons. The van der Waals surface area contributed by atoms with E-state index < -0.39 is 23.4 Å². The fourth-order valence-electron chi connectivity index (χ4n) is 8.64. The lowest BCUT2D eigenvalue weighted by Crippen LogP contribution is -2.66. The van der Waals surface area contributed by atoms with Crippen LogP contribution in [0.15, 0.2) is 9.81 Å². The van der Waals surface area contributed by atoms with E-state index in [4.69, 9.17) is 4.74 Å². The molecule has 6 aliphatic rings. The quantitative estimate of drug-likeness (QED) is 0.117.